The topological polar surface area (TPSA) is 26.0 Å². The van der Waals surface area contributed by atoms with E-state index in [2.05, 4.69) is 41.2 Å². The fourth-order valence-corrected chi connectivity index (χ4v) is 4.46. The van der Waals surface area contributed by atoms with Crippen LogP contribution < -0.4 is 5.73 Å². The molecule has 0 saturated heterocycles. The highest BCUT2D eigenvalue weighted by Gasteiger charge is 2.33. The molecule has 0 spiro atoms. The van der Waals surface area contributed by atoms with Gasteiger partial charge < -0.3 is 5.73 Å². The van der Waals surface area contributed by atoms with Gasteiger partial charge in [-0.15, -0.1) is 11.3 Å². The molecule has 0 bridgehead atoms. The molecule has 1 fully saturated rings. The molecular weight excluding hydrogens is 294 g/mol. The first-order valence-electron chi connectivity index (χ1n) is 6.50. The number of rotatable bonds is 3. The number of nitrogens with two attached hydrogens (primary N) is 1. The highest BCUT2D eigenvalue weighted by atomic mass is 79.9. The van der Waals surface area contributed by atoms with E-state index >= 15 is 0 Å². The quantitative estimate of drug-likeness (QED) is 0.867. The summed E-state index contributed by atoms with van der Waals surface area (Å²) in [5.74, 6) is 1.71. The average molecular weight is 316 g/mol. The van der Waals surface area contributed by atoms with Gasteiger partial charge in [0.1, 0.15) is 0 Å². The van der Waals surface area contributed by atoms with Crippen molar-refractivity contribution in [3.63, 3.8) is 0 Å². The van der Waals surface area contributed by atoms with Crippen LogP contribution in [0.3, 0.4) is 0 Å². The lowest BCUT2D eigenvalue weighted by Gasteiger charge is -2.38. The Bertz CT molecular complexity index is 364. The minimum Gasteiger partial charge on any atom is -0.325 e. The van der Waals surface area contributed by atoms with Crippen LogP contribution in [0.1, 0.15) is 44.4 Å². The summed E-state index contributed by atoms with van der Waals surface area (Å²) in [4.78, 5) is 1.42. The van der Waals surface area contributed by atoms with E-state index in [-0.39, 0.29) is 5.54 Å². The molecule has 1 saturated carbocycles. The summed E-state index contributed by atoms with van der Waals surface area (Å²) >= 11 is 5.33. The lowest BCUT2D eigenvalue weighted by atomic mass is 9.72. The molecule has 0 aliphatic heterocycles. The fraction of sp³-hybridized carbons (Fsp3) is 0.714. The lowest BCUT2D eigenvalue weighted by molar-refractivity contribution is 0.195. The van der Waals surface area contributed by atoms with Gasteiger partial charge in [-0.25, -0.2) is 0 Å². The maximum absolute atomic E-state index is 6.55. The van der Waals surface area contributed by atoms with E-state index in [1.807, 2.05) is 11.3 Å². The van der Waals surface area contributed by atoms with Crippen molar-refractivity contribution in [2.24, 2.45) is 17.6 Å². The van der Waals surface area contributed by atoms with Gasteiger partial charge in [-0.05, 0) is 65.9 Å². The van der Waals surface area contributed by atoms with Gasteiger partial charge in [0.15, 0.2) is 0 Å². The Balaban J connectivity index is 1.93. The van der Waals surface area contributed by atoms with E-state index < -0.39 is 0 Å². The number of hydrogen-bond acceptors (Lipinski definition) is 2. The van der Waals surface area contributed by atoms with Crippen LogP contribution in [-0.4, -0.2) is 5.54 Å². The van der Waals surface area contributed by atoms with Crippen molar-refractivity contribution in [3.05, 3.63) is 20.8 Å². The highest BCUT2D eigenvalue weighted by molar-refractivity contribution is 9.10. The van der Waals surface area contributed by atoms with Gasteiger partial charge in [0.25, 0.3) is 0 Å². The summed E-state index contributed by atoms with van der Waals surface area (Å²) in [7, 11) is 0. The summed E-state index contributed by atoms with van der Waals surface area (Å²) < 4.78 is 1.19. The van der Waals surface area contributed by atoms with Crippen molar-refractivity contribution in [2.45, 2.75) is 51.5 Å². The predicted octanol–water partition coefficient (Wildman–Crippen LogP) is 4.60. The molecule has 1 aliphatic carbocycles. The van der Waals surface area contributed by atoms with Crippen LogP contribution in [0.2, 0.25) is 0 Å². The normalized spacial score (nSPS) is 29.8. The molecule has 1 nitrogen and oxygen atoms in total. The zero-order valence-electron chi connectivity index (χ0n) is 10.7. The Hall–Kier alpha value is 0.140. The van der Waals surface area contributed by atoms with Crippen LogP contribution in [0.4, 0.5) is 0 Å². The van der Waals surface area contributed by atoms with Gasteiger partial charge in [0.2, 0.25) is 0 Å². The van der Waals surface area contributed by atoms with E-state index in [1.165, 1.54) is 35.0 Å². The molecule has 1 heterocycles. The van der Waals surface area contributed by atoms with Crippen molar-refractivity contribution in [1.29, 1.82) is 0 Å². The molecule has 1 aromatic heterocycles. The lowest BCUT2D eigenvalue weighted by Crippen LogP contribution is -2.45. The van der Waals surface area contributed by atoms with Gasteiger partial charge in [-0.2, -0.15) is 0 Å². The van der Waals surface area contributed by atoms with Crippen LogP contribution in [0.15, 0.2) is 15.9 Å². The summed E-state index contributed by atoms with van der Waals surface area (Å²) in [6.45, 7) is 4.68. The molecule has 2 N–H and O–H groups in total. The monoisotopic (exact) mass is 315 g/mol. The maximum Gasteiger partial charge on any atom is 0.0285 e. The standard InChI is InChI=1S/C14H22BrNS/c1-10(2)11-3-5-14(16,6-4-11)8-13-7-12(15)9-17-13/h7,9-11H,3-6,8,16H2,1-2H3. The average Bonchev–Trinajstić information content (AvgIpc) is 2.63. The molecule has 96 valence electrons. The zero-order valence-corrected chi connectivity index (χ0v) is 13.1. The zero-order chi connectivity index (χ0) is 12.5. The van der Waals surface area contributed by atoms with Crippen molar-refractivity contribution < 1.29 is 0 Å². The Morgan fingerprint density at radius 2 is 2.12 bits per heavy atom. The van der Waals surface area contributed by atoms with Crippen LogP contribution in [0.5, 0.6) is 0 Å². The predicted molar refractivity (Wildman–Crippen MR) is 79.4 cm³/mol. The second-order valence-corrected chi connectivity index (χ2v) is 7.76. The molecule has 0 radical (unpaired) electrons. The minimum absolute atomic E-state index is 0.0513. The molecule has 17 heavy (non-hydrogen) atoms. The van der Waals surface area contributed by atoms with Crippen LogP contribution in [0, 0.1) is 11.8 Å². The van der Waals surface area contributed by atoms with Gasteiger partial charge in [0, 0.05) is 20.3 Å². The van der Waals surface area contributed by atoms with Crippen LogP contribution in [0.25, 0.3) is 0 Å². The van der Waals surface area contributed by atoms with Crippen LogP contribution in [-0.2, 0) is 6.42 Å². The molecular formula is C14H22BrNS. The maximum atomic E-state index is 6.55. The summed E-state index contributed by atoms with van der Waals surface area (Å²) in [6.07, 6.45) is 6.03. The highest BCUT2D eigenvalue weighted by Crippen LogP contribution is 2.37. The molecule has 0 atom stereocenters. The molecule has 2 rings (SSSR count). The van der Waals surface area contributed by atoms with Gasteiger partial charge in [0.05, 0.1) is 0 Å². The third-order valence-electron chi connectivity index (χ3n) is 4.12. The number of halogens is 1. The first kappa shape index (κ1) is 13.6. The molecule has 3 heteroatoms. The second kappa shape index (κ2) is 5.41. The van der Waals surface area contributed by atoms with Crippen molar-refractivity contribution in [3.8, 4) is 0 Å². The van der Waals surface area contributed by atoms with Crippen molar-refractivity contribution in [2.75, 3.05) is 0 Å². The Morgan fingerprint density at radius 3 is 2.59 bits per heavy atom. The molecule has 0 amide bonds. The second-order valence-electron chi connectivity index (χ2n) is 5.85. The van der Waals surface area contributed by atoms with E-state index in [4.69, 9.17) is 5.73 Å². The van der Waals surface area contributed by atoms with E-state index in [9.17, 15) is 0 Å². The summed E-state index contributed by atoms with van der Waals surface area (Å²) in [6, 6.07) is 2.22. The minimum atomic E-state index is 0.0513. The molecule has 0 aromatic carbocycles. The van der Waals surface area contributed by atoms with Crippen molar-refractivity contribution in [1.82, 2.24) is 0 Å². The molecule has 1 aliphatic rings. The molecule has 1 aromatic rings. The SMILES string of the molecule is CC(C)C1CCC(N)(Cc2cc(Br)cs2)CC1. The van der Waals surface area contributed by atoms with Gasteiger partial charge in [-0.3, -0.25) is 0 Å². The third kappa shape index (κ3) is 3.55. The van der Waals surface area contributed by atoms with E-state index in [1.54, 1.807) is 0 Å². The van der Waals surface area contributed by atoms with Gasteiger partial charge in [-0.1, -0.05) is 13.8 Å². The molecule has 0 unspecified atom stereocenters. The Labute approximate surface area is 117 Å². The fourth-order valence-electron chi connectivity index (χ4n) is 2.85. The third-order valence-corrected chi connectivity index (χ3v) is 5.81. The van der Waals surface area contributed by atoms with Crippen LogP contribution >= 0.6 is 27.3 Å². The smallest absolute Gasteiger partial charge is 0.0285 e. The van der Waals surface area contributed by atoms with E-state index in [0.29, 0.717) is 0 Å². The number of thiophene rings is 1. The first-order valence-corrected chi connectivity index (χ1v) is 8.17. The van der Waals surface area contributed by atoms with Gasteiger partial charge >= 0.3 is 0 Å². The summed E-state index contributed by atoms with van der Waals surface area (Å²) in [5.41, 5.74) is 6.61. The first-order chi connectivity index (χ1) is 7.98. The Kier molecular flexibility index (Phi) is 4.32. The number of hydrogen-bond donors (Lipinski definition) is 1. The summed E-state index contributed by atoms with van der Waals surface area (Å²) in [5, 5.41) is 2.15. The van der Waals surface area contributed by atoms with Crippen molar-refractivity contribution >= 4 is 27.3 Å². The Morgan fingerprint density at radius 1 is 1.47 bits per heavy atom. The largest absolute Gasteiger partial charge is 0.325 e. The van der Waals surface area contributed by atoms with E-state index in [0.717, 1.165) is 18.3 Å².